The van der Waals surface area contributed by atoms with Crippen LogP contribution in [0.1, 0.15) is 36.5 Å². The second kappa shape index (κ2) is 10.0. The third-order valence-electron chi connectivity index (χ3n) is 6.92. The summed E-state index contributed by atoms with van der Waals surface area (Å²) in [6, 6.07) is 26.4. The zero-order chi connectivity index (χ0) is 26.0. The summed E-state index contributed by atoms with van der Waals surface area (Å²) in [7, 11) is 0. The Balaban J connectivity index is 1.75. The van der Waals surface area contributed by atoms with Crippen LogP contribution in [-0.4, -0.2) is 36.8 Å². The SMILES string of the molecule is CCOC(=O)C1=NC2(C(=O)N(Cc3ccccc3)c3ccccc32)C(c2ccccc2)C1C(=O)OCC. The highest BCUT2D eigenvalue weighted by atomic mass is 16.5. The number of fused-ring (bicyclic) bond motifs is 2. The standard InChI is InChI=1S/C30H28N2O5/c1-3-36-27(33)24-25(21-15-9-6-10-16-21)30(31-26(24)28(34)37-4-2)22-17-11-12-18-23(22)32(29(30)35)19-20-13-7-5-8-14-20/h5-18,24-25H,3-4,19H2,1-2H3. The molecular weight excluding hydrogens is 468 g/mol. The van der Waals surface area contributed by atoms with E-state index >= 15 is 0 Å². The summed E-state index contributed by atoms with van der Waals surface area (Å²) in [6.07, 6.45) is 0. The number of esters is 2. The lowest BCUT2D eigenvalue weighted by Gasteiger charge is -2.31. The summed E-state index contributed by atoms with van der Waals surface area (Å²) in [5, 5.41) is 0. The van der Waals surface area contributed by atoms with Gasteiger partial charge in [-0.15, -0.1) is 0 Å². The number of rotatable bonds is 7. The molecule has 0 aromatic heterocycles. The zero-order valence-electron chi connectivity index (χ0n) is 20.8. The molecule has 0 aliphatic carbocycles. The van der Waals surface area contributed by atoms with Gasteiger partial charge in [-0.1, -0.05) is 78.9 Å². The van der Waals surface area contributed by atoms with Crippen molar-refractivity contribution in [1.82, 2.24) is 0 Å². The number of amides is 1. The average Bonchev–Trinajstić information content (AvgIpc) is 3.40. The van der Waals surface area contributed by atoms with Crippen molar-refractivity contribution in [3.63, 3.8) is 0 Å². The fraction of sp³-hybridized carbons (Fsp3) is 0.267. The molecule has 3 unspecified atom stereocenters. The van der Waals surface area contributed by atoms with Gasteiger partial charge in [0.2, 0.25) is 0 Å². The maximum Gasteiger partial charge on any atom is 0.353 e. The number of hydrogen-bond acceptors (Lipinski definition) is 6. The smallest absolute Gasteiger partial charge is 0.353 e. The number of hydrogen-bond donors (Lipinski definition) is 0. The first-order valence-corrected chi connectivity index (χ1v) is 12.5. The Morgan fingerprint density at radius 1 is 0.865 bits per heavy atom. The topological polar surface area (TPSA) is 85.3 Å². The van der Waals surface area contributed by atoms with Crippen molar-refractivity contribution in [2.24, 2.45) is 10.9 Å². The van der Waals surface area contributed by atoms with Gasteiger partial charge in [-0.05, 0) is 31.0 Å². The van der Waals surface area contributed by atoms with Crippen LogP contribution in [0.5, 0.6) is 0 Å². The van der Waals surface area contributed by atoms with E-state index in [1.807, 2.05) is 84.9 Å². The normalized spacial score (nSPS) is 22.1. The minimum Gasteiger partial charge on any atom is -0.465 e. The van der Waals surface area contributed by atoms with E-state index < -0.39 is 29.3 Å². The van der Waals surface area contributed by atoms with Gasteiger partial charge < -0.3 is 14.4 Å². The van der Waals surface area contributed by atoms with Gasteiger partial charge in [-0.2, -0.15) is 0 Å². The van der Waals surface area contributed by atoms with E-state index in [1.54, 1.807) is 18.7 Å². The third kappa shape index (κ3) is 4.00. The Morgan fingerprint density at radius 3 is 2.16 bits per heavy atom. The largest absolute Gasteiger partial charge is 0.465 e. The van der Waals surface area contributed by atoms with Gasteiger partial charge in [0.25, 0.3) is 5.91 Å². The van der Waals surface area contributed by atoms with E-state index in [0.717, 1.165) is 5.56 Å². The van der Waals surface area contributed by atoms with Gasteiger partial charge in [0.05, 0.1) is 25.4 Å². The van der Waals surface area contributed by atoms with Crippen LogP contribution in [0.25, 0.3) is 0 Å². The second-order valence-electron chi connectivity index (χ2n) is 9.00. The van der Waals surface area contributed by atoms with E-state index in [2.05, 4.69) is 0 Å². The minimum absolute atomic E-state index is 0.0844. The fourth-order valence-corrected chi connectivity index (χ4v) is 5.47. The van der Waals surface area contributed by atoms with Crippen molar-refractivity contribution in [2.45, 2.75) is 31.8 Å². The average molecular weight is 497 g/mol. The van der Waals surface area contributed by atoms with E-state index in [4.69, 9.17) is 14.5 Å². The van der Waals surface area contributed by atoms with Crippen LogP contribution in [0.15, 0.2) is 89.9 Å². The molecule has 2 aliphatic heterocycles. The molecule has 0 radical (unpaired) electrons. The first-order chi connectivity index (χ1) is 18.0. The second-order valence-corrected chi connectivity index (χ2v) is 9.00. The number of benzene rings is 3. The summed E-state index contributed by atoms with van der Waals surface area (Å²) in [5.41, 5.74) is 1.42. The monoisotopic (exact) mass is 496 g/mol. The quantitative estimate of drug-likeness (QED) is 0.453. The molecule has 188 valence electrons. The molecule has 0 N–H and O–H groups in total. The number of para-hydroxylation sites is 1. The maximum atomic E-state index is 14.5. The molecule has 0 fully saturated rings. The van der Waals surface area contributed by atoms with Crippen molar-refractivity contribution in [2.75, 3.05) is 18.1 Å². The predicted molar refractivity (Wildman–Crippen MR) is 139 cm³/mol. The highest BCUT2D eigenvalue weighted by molar-refractivity contribution is 6.42. The third-order valence-corrected chi connectivity index (χ3v) is 6.92. The molecule has 0 saturated carbocycles. The van der Waals surface area contributed by atoms with Crippen LogP contribution in [-0.2, 0) is 35.9 Å². The van der Waals surface area contributed by atoms with E-state index in [9.17, 15) is 14.4 Å². The number of anilines is 1. The van der Waals surface area contributed by atoms with Crippen molar-refractivity contribution in [3.05, 3.63) is 102 Å². The summed E-state index contributed by atoms with van der Waals surface area (Å²) >= 11 is 0. The highest BCUT2D eigenvalue weighted by Gasteiger charge is 2.65. The van der Waals surface area contributed by atoms with Crippen molar-refractivity contribution in [3.8, 4) is 0 Å². The molecule has 37 heavy (non-hydrogen) atoms. The van der Waals surface area contributed by atoms with E-state index in [1.165, 1.54) is 0 Å². The molecular formula is C30H28N2O5. The number of carbonyl (C=O) groups is 3. The van der Waals surface area contributed by atoms with Crippen LogP contribution in [0, 0.1) is 5.92 Å². The zero-order valence-corrected chi connectivity index (χ0v) is 20.8. The summed E-state index contributed by atoms with van der Waals surface area (Å²) in [5.74, 6) is -3.51. The van der Waals surface area contributed by atoms with Crippen molar-refractivity contribution in [1.29, 1.82) is 0 Å². The van der Waals surface area contributed by atoms with Gasteiger partial charge >= 0.3 is 11.9 Å². The highest BCUT2D eigenvalue weighted by Crippen LogP contribution is 2.57. The van der Waals surface area contributed by atoms with Crippen molar-refractivity contribution < 1.29 is 23.9 Å². The van der Waals surface area contributed by atoms with Gasteiger partial charge in [-0.3, -0.25) is 14.6 Å². The van der Waals surface area contributed by atoms with E-state index in [0.29, 0.717) is 23.4 Å². The molecule has 7 heteroatoms. The van der Waals surface area contributed by atoms with Gasteiger partial charge in [0.15, 0.2) is 5.54 Å². The number of nitrogens with zero attached hydrogens (tertiary/aromatic N) is 2. The van der Waals surface area contributed by atoms with Gasteiger partial charge in [0.1, 0.15) is 11.6 Å². The van der Waals surface area contributed by atoms with Crippen LogP contribution >= 0.6 is 0 Å². The van der Waals surface area contributed by atoms with Crippen LogP contribution in [0.3, 0.4) is 0 Å². The van der Waals surface area contributed by atoms with Gasteiger partial charge in [0, 0.05) is 11.5 Å². The van der Waals surface area contributed by atoms with Crippen LogP contribution < -0.4 is 4.90 Å². The van der Waals surface area contributed by atoms with Crippen molar-refractivity contribution >= 4 is 29.2 Å². The number of ether oxygens (including phenoxy) is 2. The van der Waals surface area contributed by atoms with E-state index in [-0.39, 0.29) is 24.8 Å². The lowest BCUT2D eigenvalue weighted by molar-refractivity contribution is -0.148. The molecule has 3 aromatic carbocycles. The molecule has 7 nitrogen and oxygen atoms in total. The molecule has 1 spiro atoms. The Bertz CT molecular complexity index is 1350. The molecule has 2 aliphatic rings. The lowest BCUT2D eigenvalue weighted by Crippen LogP contribution is -2.44. The summed E-state index contributed by atoms with van der Waals surface area (Å²) < 4.78 is 10.7. The first kappa shape index (κ1) is 24.4. The molecule has 5 rings (SSSR count). The van der Waals surface area contributed by atoms with Crippen LogP contribution in [0.4, 0.5) is 5.69 Å². The number of carbonyl (C=O) groups excluding carboxylic acids is 3. The lowest BCUT2D eigenvalue weighted by atomic mass is 9.71. The first-order valence-electron chi connectivity index (χ1n) is 12.5. The Kier molecular flexibility index (Phi) is 6.61. The molecule has 3 atom stereocenters. The fourth-order valence-electron chi connectivity index (χ4n) is 5.47. The molecule has 2 heterocycles. The number of aliphatic imine (C=N–C) groups is 1. The summed E-state index contributed by atoms with van der Waals surface area (Å²) in [6.45, 7) is 3.97. The Morgan fingerprint density at radius 2 is 1.49 bits per heavy atom. The van der Waals surface area contributed by atoms with Gasteiger partial charge in [-0.25, -0.2) is 4.79 Å². The summed E-state index contributed by atoms with van der Waals surface area (Å²) in [4.78, 5) is 47.7. The Labute approximate surface area is 215 Å². The maximum absolute atomic E-state index is 14.5. The predicted octanol–water partition coefficient (Wildman–Crippen LogP) is 4.41. The molecule has 0 saturated heterocycles. The molecule has 0 bridgehead atoms. The minimum atomic E-state index is -1.52. The molecule has 1 amide bonds. The van der Waals surface area contributed by atoms with Crippen LogP contribution in [0.2, 0.25) is 0 Å². The Hall–Kier alpha value is -4.26. The molecule has 3 aromatic rings.